The van der Waals surface area contributed by atoms with Crippen LogP contribution >= 0.6 is 0 Å². The van der Waals surface area contributed by atoms with Gasteiger partial charge in [0.15, 0.2) is 5.78 Å². The molecule has 168 valence electrons. The second kappa shape index (κ2) is 9.29. The summed E-state index contributed by atoms with van der Waals surface area (Å²) in [5.41, 5.74) is 1.44. The van der Waals surface area contributed by atoms with E-state index in [1.54, 1.807) is 22.7 Å². The maximum atomic E-state index is 12.6. The van der Waals surface area contributed by atoms with Crippen LogP contribution in [0.15, 0.2) is 29.3 Å². The van der Waals surface area contributed by atoms with Gasteiger partial charge in [0, 0.05) is 43.4 Å². The van der Waals surface area contributed by atoms with E-state index in [9.17, 15) is 14.4 Å². The van der Waals surface area contributed by atoms with E-state index in [1.807, 2.05) is 18.0 Å². The molecule has 32 heavy (non-hydrogen) atoms. The molecule has 4 heterocycles. The number of carbonyl (C=O) groups is 2. The average Bonchev–Trinajstić information content (AvgIpc) is 3.20. The van der Waals surface area contributed by atoms with Crippen molar-refractivity contribution in [1.82, 2.24) is 29.5 Å². The Bertz CT molecular complexity index is 1180. The summed E-state index contributed by atoms with van der Waals surface area (Å²) in [7, 11) is 1.50. The van der Waals surface area contributed by atoms with E-state index in [1.165, 1.54) is 7.11 Å². The predicted octanol–water partition coefficient (Wildman–Crippen LogP) is 1.57. The first-order chi connectivity index (χ1) is 15.5. The Morgan fingerprint density at radius 2 is 2.00 bits per heavy atom. The van der Waals surface area contributed by atoms with Crippen LogP contribution in [0.1, 0.15) is 47.7 Å². The Hall–Kier alpha value is -3.56. The number of methoxy groups -OCH3 is 1. The molecule has 3 aromatic rings. The van der Waals surface area contributed by atoms with Gasteiger partial charge < -0.3 is 14.6 Å². The molecule has 0 aliphatic carbocycles. The zero-order chi connectivity index (χ0) is 22.7. The highest BCUT2D eigenvalue weighted by atomic mass is 16.5. The van der Waals surface area contributed by atoms with Gasteiger partial charge in [-0.2, -0.15) is 0 Å². The van der Waals surface area contributed by atoms with Crippen molar-refractivity contribution in [2.24, 2.45) is 5.92 Å². The number of ketones is 1. The number of aromatic nitrogens is 5. The number of imidazole rings is 1. The number of likely N-dealkylation sites (tertiary alicyclic amines) is 1. The number of hydrogen-bond acceptors (Lipinski definition) is 7. The summed E-state index contributed by atoms with van der Waals surface area (Å²) in [6.07, 6.45) is 6.27. The number of aryl methyl sites for hydroxylation is 2. The highest BCUT2D eigenvalue weighted by Gasteiger charge is 2.28. The van der Waals surface area contributed by atoms with Gasteiger partial charge in [-0.15, -0.1) is 10.2 Å². The van der Waals surface area contributed by atoms with Crippen molar-refractivity contribution in [2.75, 3.05) is 20.2 Å². The molecule has 0 bridgehead atoms. The van der Waals surface area contributed by atoms with Crippen molar-refractivity contribution in [3.63, 3.8) is 0 Å². The standard InChI is InChI=1S/C22H26N6O4/c1-14-23-12-18-22(31)24-16(13-28(14)18)4-3-5-20(29)27-10-8-15(9-11-27)21(30)17-6-7-19(32-2)26-25-17/h6-7,12-13,15H,3-5,8-11H2,1-2H3,(H,24,31). The van der Waals surface area contributed by atoms with Gasteiger partial charge in [-0.05, 0) is 38.7 Å². The molecule has 1 N–H and O–H groups in total. The number of carbonyl (C=O) groups excluding carboxylic acids is 2. The minimum absolute atomic E-state index is 0.0404. The third-order valence-electron chi connectivity index (χ3n) is 5.93. The maximum absolute atomic E-state index is 12.6. The number of Topliss-reactive ketones (excluding diaryl/α,β-unsaturated/α-hetero) is 1. The third-order valence-corrected chi connectivity index (χ3v) is 5.93. The molecule has 4 rings (SSSR count). The molecule has 0 aromatic carbocycles. The summed E-state index contributed by atoms with van der Waals surface area (Å²) in [4.78, 5) is 46.2. The normalized spacial score (nSPS) is 14.6. The van der Waals surface area contributed by atoms with Crippen molar-refractivity contribution in [1.29, 1.82) is 0 Å². The number of aromatic amines is 1. The first-order valence-electron chi connectivity index (χ1n) is 10.7. The Balaban J connectivity index is 1.26. The Morgan fingerprint density at radius 3 is 2.69 bits per heavy atom. The number of nitrogens with one attached hydrogen (secondary N) is 1. The largest absolute Gasteiger partial charge is 0.480 e. The second-order valence-corrected chi connectivity index (χ2v) is 8.00. The van der Waals surface area contributed by atoms with Crippen molar-refractivity contribution in [2.45, 2.75) is 39.0 Å². The summed E-state index contributed by atoms with van der Waals surface area (Å²) >= 11 is 0. The summed E-state index contributed by atoms with van der Waals surface area (Å²) in [6, 6.07) is 3.25. The topological polar surface area (TPSA) is 123 Å². The van der Waals surface area contributed by atoms with Crippen LogP contribution < -0.4 is 10.3 Å². The zero-order valence-corrected chi connectivity index (χ0v) is 18.2. The minimum atomic E-state index is -0.178. The monoisotopic (exact) mass is 438 g/mol. The lowest BCUT2D eigenvalue weighted by atomic mass is 9.90. The van der Waals surface area contributed by atoms with Crippen LogP contribution in [0.5, 0.6) is 5.88 Å². The van der Waals surface area contributed by atoms with Crippen LogP contribution in [0.2, 0.25) is 0 Å². The molecule has 1 saturated heterocycles. The molecule has 0 unspecified atom stereocenters. The molecule has 0 atom stereocenters. The first-order valence-corrected chi connectivity index (χ1v) is 10.7. The van der Waals surface area contributed by atoms with Crippen LogP contribution in [0.3, 0.4) is 0 Å². The third kappa shape index (κ3) is 4.53. The quantitative estimate of drug-likeness (QED) is 0.556. The van der Waals surface area contributed by atoms with Crippen LogP contribution in [0, 0.1) is 12.8 Å². The molecule has 0 radical (unpaired) electrons. The van der Waals surface area contributed by atoms with Gasteiger partial charge in [-0.1, -0.05) is 0 Å². The lowest BCUT2D eigenvalue weighted by molar-refractivity contribution is -0.132. The van der Waals surface area contributed by atoms with E-state index in [2.05, 4.69) is 20.2 Å². The highest BCUT2D eigenvalue weighted by molar-refractivity contribution is 5.96. The average molecular weight is 438 g/mol. The molecule has 1 amide bonds. The number of ether oxygens (including phenoxy) is 1. The van der Waals surface area contributed by atoms with Crippen molar-refractivity contribution >= 4 is 17.2 Å². The van der Waals surface area contributed by atoms with Crippen LogP contribution in [0.4, 0.5) is 0 Å². The van der Waals surface area contributed by atoms with Crippen molar-refractivity contribution in [3.8, 4) is 5.88 Å². The number of amides is 1. The van der Waals surface area contributed by atoms with E-state index >= 15 is 0 Å². The van der Waals surface area contributed by atoms with Crippen molar-refractivity contribution in [3.05, 3.63) is 52.1 Å². The minimum Gasteiger partial charge on any atom is -0.480 e. The number of piperidine rings is 1. The SMILES string of the molecule is COc1ccc(C(=O)C2CCN(C(=O)CCCc3cn4c(C)ncc4c(=O)[nH]3)CC2)nn1. The molecule has 0 saturated carbocycles. The lowest BCUT2D eigenvalue weighted by Gasteiger charge is -2.31. The van der Waals surface area contributed by atoms with Gasteiger partial charge in [0.1, 0.15) is 17.0 Å². The Morgan fingerprint density at radius 1 is 1.22 bits per heavy atom. The number of fused-ring (bicyclic) bond motifs is 1. The van der Waals surface area contributed by atoms with Crippen LogP contribution in [-0.2, 0) is 11.2 Å². The summed E-state index contributed by atoms with van der Waals surface area (Å²) < 4.78 is 6.74. The van der Waals surface area contributed by atoms with Gasteiger partial charge >= 0.3 is 0 Å². The van der Waals surface area contributed by atoms with Gasteiger partial charge in [0.25, 0.3) is 5.56 Å². The highest BCUT2D eigenvalue weighted by Crippen LogP contribution is 2.22. The zero-order valence-electron chi connectivity index (χ0n) is 18.2. The summed E-state index contributed by atoms with van der Waals surface area (Å²) in [5, 5.41) is 7.79. The molecular weight excluding hydrogens is 412 g/mol. The van der Waals surface area contributed by atoms with Gasteiger partial charge in [0.05, 0.1) is 13.3 Å². The second-order valence-electron chi connectivity index (χ2n) is 8.00. The molecule has 1 aliphatic rings. The molecule has 3 aromatic heterocycles. The smallest absolute Gasteiger partial charge is 0.274 e. The van der Waals surface area contributed by atoms with E-state index in [-0.39, 0.29) is 23.2 Å². The number of nitrogens with zero attached hydrogens (tertiary/aromatic N) is 5. The summed E-state index contributed by atoms with van der Waals surface area (Å²) in [6.45, 7) is 2.95. The van der Waals surface area contributed by atoms with Crippen LogP contribution in [-0.4, -0.2) is 61.4 Å². The van der Waals surface area contributed by atoms with E-state index < -0.39 is 0 Å². The number of H-pyrrole nitrogens is 1. The predicted molar refractivity (Wildman–Crippen MR) is 116 cm³/mol. The molecule has 0 spiro atoms. The Kier molecular flexibility index (Phi) is 6.29. The summed E-state index contributed by atoms with van der Waals surface area (Å²) in [5.74, 6) is 0.994. The van der Waals surface area contributed by atoms with E-state index in [4.69, 9.17) is 4.74 Å². The fourth-order valence-electron chi connectivity index (χ4n) is 4.06. The molecule has 10 heteroatoms. The molecule has 10 nitrogen and oxygen atoms in total. The molecule has 1 aliphatic heterocycles. The molecular formula is C22H26N6O4. The fourth-order valence-corrected chi connectivity index (χ4v) is 4.06. The van der Waals surface area contributed by atoms with Crippen molar-refractivity contribution < 1.29 is 14.3 Å². The van der Waals surface area contributed by atoms with Gasteiger partial charge in [-0.25, -0.2) is 4.98 Å². The van der Waals surface area contributed by atoms with Gasteiger partial charge in [-0.3, -0.25) is 18.8 Å². The lowest BCUT2D eigenvalue weighted by Crippen LogP contribution is -2.40. The van der Waals surface area contributed by atoms with E-state index in [0.29, 0.717) is 62.3 Å². The van der Waals surface area contributed by atoms with E-state index in [0.717, 1.165) is 11.5 Å². The van der Waals surface area contributed by atoms with Crippen LogP contribution in [0.25, 0.3) is 5.52 Å². The number of hydrogen-bond donors (Lipinski definition) is 1. The molecule has 1 fully saturated rings. The number of rotatable bonds is 7. The maximum Gasteiger partial charge on any atom is 0.274 e. The fraction of sp³-hybridized carbons (Fsp3) is 0.455. The van der Waals surface area contributed by atoms with Gasteiger partial charge in [0.2, 0.25) is 11.8 Å². The Labute approximate surface area is 184 Å². The first kappa shape index (κ1) is 21.7.